The molecular weight excluding hydrogens is 436 g/mol. The molecule has 6 heteroatoms. The molecule has 0 aliphatic carbocycles. The highest BCUT2D eigenvalue weighted by Gasteiger charge is 2.13. The van der Waals surface area contributed by atoms with Crippen molar-refractivity contribution in [1.82, 2.24) is 0 Å². The van der Waals surface area contributed by atoms with Crippen molar-refractivity contribution < 1.29 is 23.8 Å². The first-order valence-electron chi connectivity index (χ1n) is 9.86. The van der Waals surface area contributed by atoms with E-state index < -0.39 is 11.9 Å². The second kappa shape index (κ2) is 11.6. The third-order valence-electron chi connectivity index (χ3n) is 4.07. The van der Waals surface area contributed by atoms with Crippen LogP contribution in [0.2, 0.25) is 0 Å². The highest BCUT2D eigenvalue weighted by Crippen LogP contribution is 2.27. The molecule has 29 heavy (non-hydrogen) atoms. The van der Waals surface area contributed by atoms with Gasteiger partial charge < -0.3 is 14.2 Å². The molecule has 0 spiro atoms. The van der Waals surface area contributed by atoms with Gasteiger partial charge in [0.25, 0.3) is 0 Å². The fraction of sp³-hybridized carbons (Fsp3) is 0.391. The second-order valence-electron chi connectivity index (χ2n) is 6.92. The number of esters is 2. The van der Waals surface area contributed by atoms with Gasteiger partial charge in [-0.3, -0.25) is 0 Å². The van der Waals surface area contributed by atoms with Gasteiger partial charge in [0.15, 0.2) is 0 Å². The molecule has 0 aliphatic rings. The zero-order valence-corrected chi connectivity index (χ0v) is 18.7. The lowest BCUT2D eigenvalue weighted by molar-refractivity contribution is 0.0378. The quantitative estimate of drug-likeness (QED) is 0.239. The van der Waals surface area contributed by atoms with Crippen molar-refractivity contribution >= 4 is 27.9 Å². The van der Waals surface area contributed by atoms with Gasteiger partial charge in [0.05, 0.1) is 28.3 Å². The summed E-state index contributed by atoms with van der Waals surface area (Å²) in [6, 6.07) is 11.4. The summed E-state index contributed by atoms with van der Waals surface area (Å²) in [5.74, 6) is 0.152. The first-order chi connectivity index (χ1) is 13.9. The number of carbonyl (C=O) groups is 2. The normalized spacial score (nSPS) is 10.7. The molecule has 5 nitrogen and oxygen atoms in total. The fourth-order valence-electron chi connectivity index (χ4n) is 2.56. The Labute approximate surface area is 180 Å². The number of unbranched alkanes of at least 4 members (excludes halogenated alkanes) is 3. The van der Waals surface area contributed by atoms with Crippen LogP contribution >= 0.6 is 15.9 Å². The summed E-state index contributed by atoms with van der Waals surface area (Å²) in [4.78, 5) is 24.3. The summed E-state index contributed by atoms with van der Waals surface area (Å²) in [5, 5.41) is 0. The predicted octanol–water partition coefficient (Wildman–Crippen LogP) is 6.19. The van der Waals surface area contributed by atoms with Gasteiger partial charge in [0.1, 0.15) is 11.5 Å². The smallest absolute Gasteiger partial charge is 0.343 e. The summed E-state index contributed by atoms with van der Waals surface area (Å²) >= 11 is 3.44. The molecule has 0 atom stereocenters. The van der Waals surface area contributed by atoms with Gasteiger partial charge in [-0.05, 0) is 78.7 Å². The van der Waals surface area contributed by atoms with Crippen LogP contribution in [0.5, 0.6) is 11.5 Å². The van der Waals surface area contributed by atoms with Gasteiger partial charge >= 0.3 is 11.9 Å². The first kappa shape index (κ1) is 22.9. The van der Waals surface area contributed by atoms with Gasteiger partial charge in [-0.1, -0.05) is 26.2 Å². The van der Waals surface area contributed by atoms with E-state index in [0.29, 0.717) is 33.7 Å². The van der Waals surface area contributed by atoms with Crippen LogP contribution in [0.15, 0.2) is 46.9 Å². The average molecular weight is 463 g/mol. The van der Waals surface area contributed by atoms with E-state index in [1.807, 2.05) is 0 Å². The van der Waals surface area contributed by atoms with Crippen LogP contribution in [0.4, 0.5) is 0 Å². The van der Waals surface area contributed by atoms with Crippen molar-refractivity contribution in [1.29, 1.82) is 0 Å². The number of hydrogen-bond acceptors (Lipinski definition) is 5. The van der Waals surface area contributed by atoms with Crippen molar-refractivity contribution in [2.24, 2.45) is 0 Å². The number of ether oxygens (including phenoxy) is 3. The third kappa shape index (κ3) is 7.54. The number of benzene rings is 2. The van der Waals surface area contributed by atoms with E-state index in [1.54, 1.807) is 56.3 Å². The molecule has 156 valence electrons. The largest absolute Gasteiger partial charge is 0.492 e. The molecule has 0 bridgehead atoms. The topological polar surface area (TPSA) is 61.8 Å². The Morgan fingerprint density at radius 1 is 0.931 bits per heavy atom. The molecule has 0 fully saturated rings. The molecule has 0 amide bonds. The Morgan fingerprint density at radius 2 is 1.62 bits per heavy atom. The van der Waals surface area contributed by atoms with Crippen LogP contribution in [0.25, 0.3) is 0 Å². The molecule has 2 aromatic carbocycles. The van der Waals surface area contributed by atoms with Gasteiger partial charge in [-0.2, -0.15) is 0 Å². The maximum atomic E-state index is 12.4. The summed E-state index contributed by atoms with van der Waals surface area (Å²) in [6.07, 6.45) is 4.35. The minimum Gasteiger partial charge on any atom is -0.492 e. The summed E-state index contributed by atoms with van der Waals surface area (Å²) < 4.78 is 17.0. The molecule has 2 rings (SSSR count). The van der Waals surface area contributed by atoms with Gasteiger partial charge in [-0.25, -0.2) is 9.59 Å². The van der Waals surface area contributed by atoms with Crippen LogP contribution in [0.3, 0.4) is 0 Å². The first-order valence-corrected chi connectivity index (χ1v) is 10.7. The second-order valence-corrected chi connectivity index (χ2v) is 7.78. The highest BCUT2D eigenvalue weighted by atomic mass is 79.9. The Kier molecular flexibility index (Phi) is 9.19. The average Bonchev–Trinajstić information content (AvgIpc) is 2.68. The van der Waals surface area contributed by atoms with Crippen molar-refractivity contribution in [3.05, 3.63) is 58.1 Å². The van der Waals surface area contributed by atoms with E-state index in [-0.39, 0.29) is 6.10 Å². The van der Waals surface area contributed by atoms with Crippen molar-refractivity contribution in [2.45, 2.75) is 52.6 Å². The maximum absolute atomic E-state index is 12.4. The minimum absolute atomic E-state index is 0.193. The zero-order valence-electron chi connectivity index (χ0n) is 17.1. The van der Waals surface area contributed by atoms with E-state index in [2.05, 4.69) is 22.9 Å². The molecule has 0 radical (unpaired) electrons. The van der Waals surface area contributed by atoms with Crippen LogP contribution in [-0.4, -0.2) is 24.6 Å². The number of halogens is 1. The Morgan fingerprint density at radius 3 is 2.24 bits per heavy atom. The molecule has 0 aliphatic heterocycles. The minimum atomic E-state index is -0.488. The molecule has 0 aromatic heterocycles. The Balaban J connectivity index is 1.93. The number of carbonyl (C=O) groups excluding carboxylic acids is 2. The van der Waals surface area contributed by atoms with Gasteiger partial charge in [-0.15, -0.1) is 0 Å². The SMILES string of the molecule is CCCCCCOc1ccc(C(=O)Oc2ccc(C(=O)OC(C)C)cc2)cc1Br. The molecule has 2 aromatic rings. The Hall–Kier alpha value is -2.34. The van der Waals surface area contributed by atoms with E-state index in [0.717, 1.165) is 12.8 Å². The van der Waals surface area contributed by atoms with Crippen LogP contribution in [0, 0.1) is 0 Å². The van der Waals surface area contributed by atoms with Gasteiger partial charge in [0.2, 0.25) is 0 Å². The lowest BCUT2D eigenvalue weighted by Gasteiger charge is -2.10. The monoisotopic (exact) mass is 462 g/mol. The molecular formula is C23H27BrO5. The van der Waals surface area contributed by atoms with E-state index in [9.17, 15) is 9.59 Å². The fourth-order valence-corrected chi connectivity index (χ4v) is 3.06. The number of hydrogen-bond donors (Lipinski definition) is 0. The zero-order chi connectivity index (χ0) is 21.2. The Bertz CT molecular complexity index is 815. The number of rotatable bonds is 10. The van der Waals surface area contributed by atoms with Crippen molar-refractivity contribution in [2.75, 3.05) is 6.61 Å². The third-order valence-corrected chi connectivity index (χ3v) is 4.69. The summed E-state index contributed by atoms with van der Waals surface area (Å²) in [5.41, 5.74) is 0.806. The standard InChI is InChI=1S/C23H27BrO5/c1-4-5-6-7-14-27-21-13-10-18(15-20(21)24)23(26)29-19-11-8-17(9-12-19)22(25)28-16(2)3/h8-13,15-16H,4-7,14H2,1-3H3. The lowest BCUT2D eigenvalue weighted by atomic mass is 10.2. The van der Waals surface area contributed by atoms with Crippen LogP contribution < -0.4 is 9.47 Å². The summed E-state index contributed by atoms with van der Waals surface area (Å²) in [7, 11) is 0. The van der Waals surface area contributed by atoms with E-state index in [1.165, 1.54) is 12.8 Å². The van der Waals surface area contributed by atoms with Crippen molar-refractivity contribution in [3.8, 4) is 11.5 Å². The van der Waals surface area contributed by atoms with Crippen molar-refractivity contribution in [3.63, 3.8) is 0 Å². The maximum Gasteiger partial charge on any atom is 0.343 e. The molecule has 0 saturated heterocycles. The molecule has 0 unspecified atom stereocenters. The molecule has 0 saturated carbocycles. The van der Waals surface area contributed by atoms with Gasteiger partial charge in [0, 0.05) is 0 Å². The lowest BCUT2D eigenvalue weighted by Crippen LogP contribution is -2.12. The van der Waals surface area contributed by atoms with E-state index in [4.69, 9.17) is 14.2 Å². The highest BCUT2D eigenvalue weighted by molar-refractivity contribution is 9.10. The molecule has 0 heterocycles. The summed E-state index contributed by atoms with van der Waals surface area (Å²) in [6.45, 7) is 6.39. The predicted molar refractivity (Wildman–Crippen MR) is 116 cm³/mol. The van der Waals surface area contributed by atoms with Crippen LogP contribution in [-0.2, 0) is 4.74 Å². The van der Waals surface area contributed by atoms with E-state index >= 15 is 0 Å². The molecule has 0 N–H and O–H groups in total. The van der Waals surface area contributed by atoms with Crippen LogP contribution in [0.1, 0.15) is 67.2 Å².